The molecule has 3 saturated heterocycles. The van der Waals surface area contributed by atoms with Crippen molar-refractivity contribution in [3.05, 3.63) is 0 Å². The highest BCUT2D eigenvalue weighted by molar-refractivity contribution is 5.80. The summed E-state index contributed by atoms with van der Waals surface area (Å²) in [4.78, 5) is 4.66. The average molecular weight is 325 g/mol. The summed E-state index contributed by atoms with van der Waals surface area (Å²) in [5.41, 5.74) is 0. The maximum absolute atomic E-state index is 5.89. The van der Waals surface area contributed by atoms with Gasteiger partial charge in [0.2, 0.25) is 0 Å². The summed E-state index contributed by atoms with van der Waals surface area (Å²) >= 11 is 0. The van der Waals surface area contributed by atoms with Gasteiger partial charge in [0.15, 0.2) is 5.96 Å². The highest BCUT2D eigenvalue weighted by Crippen LogP contribution is 2.34. The Morgan fingerprint density at radius 2 is 2.26 bits per heavy atom. The van der Waals surface area contributed by atoms with E-state index < -0.39 is 0 Å². The van der Waals surface area contributed by atoms with Crippen LogP contribution in [0.2, 0.25) is 0 Å². The van der Waals surface area contributed by atoms with E-state index in [4.69, 9.17) is 14.2 Å². The standard InChI is InChI=1S/C17H31N3O3/c1-2-18-17(20-15-10-14-4-5-16(15)23-14)19-7-3-8-21-11-13-6-9-22-12-13/h13-16H,2-12H2,1H3,(H2,18,19,20). The smallest absolute Gasteiger partial charge is 0.191 e. The second-order valence-corrected chi connectivity index (χ2v) is 6.78. The van der Waals surface area contributed by atoms with E-state index in [1.54, 1.807) is 0 Å². The molecule has 2 bridgehead atoms. The SMILES string of the molecule is CCNC(=NCCCOCC1CCOC1)NC1CC2CCC1O2. The molecule has 4 unspecified atom stereocenters. The maximum atomic E-state index is 5.89. The van der Waals surface area contributed by atoms with Gasteiger partial charge in [0.25, 0.3) is 0 Å². The predicted molar refractivity (Wildman–Crippen MR) is 89.8 cm³/mol. The number of ether oxygens (including phenoxy) is 3. The number of nitrogens with zero attached hydrogens (tertiary/aromatic N) is 1. The van der Waals surface area contributed by atoms with Crippen LogP contribution in [0, 0.1) is 5.92 Å². The van der Waals surface area contributed by atoms with Gasteiger partial charge in [-0.05, 0) is 39.0 Å². The number of rotatable bonds is 8. The monoisotopic (exact) mass is 325 g/mol. The van der Waals surface area contributed by atoms with Crippen LogP contribution in [0.4, 0.5) is 0 Å². The molecule has 3 aliphatic heterocycles. The highest BCUT2D eigenvalue weighted by atomic mass is 16.5. The minimum Gasteiger partial charge on any atom is -0.381 e. The Hall–Kier alpha value is -0.850. The van der Waals surface area contributed by atoms with Gasteiger partial charge in [0.05, 0.1) is 31.5 Å². The number of hydrogen-bond donors (Lipinski definition) is 2. The lowest BCUT2D eigenvalue weighted by atomic mass is 9.96. The summed E-state index contributed by atoms with van der Waals surface area (Å²) in [5, 5.41) is 6.87. The Bertz CT molecular complexity index is 385. The van der Waals surface area contributed by atoms with Gasteiger partial charge in [0.1, 0.15) is 0 Å². The molecule has 0 radical (unpaired) electrons. The first-order valence-corrected chi connectivity index (χ1v) is 9.21. The molecule has 3 fully saturated rings. The molecule has 0 spiro atoms. The minimum absolute atomic E-state index is 0.376. The van der Waals surface area contributed by atoms with Gasteiger partial charge in [-0.3, -0.25) is 4.99 Å². The van der Waals surface area contributed by atoms with E-state index in [9.17, 15) is 0 Å². The Kier molecular flexibility index (Phi) is 6.54. The van der Waals surface area contributed by atoms with E-state index in [0.29, 0.717) is 24.2 Å². The second-order valence-electron chi connectivity index (χ2n) is 6.78. The van der Waals surface area contributed by atoms with E-state index in [1.807, 2.05) is 0 Å². The van der Waals surface area contributed by atoms with Crippen molar-refractivity contribution in [1.29, 1.82) is 0 Å². The third-order valence-corrected chi connectivity index (χ3v) is 4.87. The van der Waals surface area contributed by atoms with Gasteiger partial charge in [-0.15, -0.1) is 0 Å². The number of aliphatic imine (C=N–C) groups is 1. The molecular formula is C17H31N3O3. The molecule has 6 nitrogen and oxygen atoms in total. The van der Waals surface area contributed by atoms with Gasteiger partial charge in [-0.1, -0.05) is 0 Å². The minimum atomic E-state index is 0.376. The molecule has 0 aromatic heterocycles. The van der Waals surface area contributed by atoms with Gasteiger partial charge in [-0.2, -0.15) is 0 Å². The van der Waals surface area contributed by atoms with Crippen LogP contribution in [-0.4, -0.2) is 63.7 Å². The van der Waals surface area contributed by atoms with E-state index >= 15 is 0 Å². The van der Waals surface area contributed by atoms with Crippen molar-refractivity contribution in [3.8, 4) is 0 Å². The summed E-state index contributed by atoms with van der Waals surface area (Å²) in [6.45, 7) is 7.12. The van der Waals surface area contributed by atoms with E-state index in [2.05, 4.69) is 22.5 Å². The van der Waals surface area contributed by atoms with Gasteiger partial charge < -0.3 is 24.8 Å². The molecule has 3 rings (SSSR count). The van der Waals surface area contributed by atoms with Crippen molar-refractivity contribution in [2.75, 3.05) is 39.5 Å². The fourth-order valence-corrected chi connectivity index (χ4v) is 3.61. The normalized spacial score (nSPS) is 33.3. The third-order valence-electron chi connectivity index (χ3n) is 4.87. The molecule has 23 heavy (non-hydrogen) atoms. The lowest BCUT2D eigenvalue weighted by molar-refractivity contribution is 0.0893. The van der Waals surface area contributed by atoms with Gasteiger partial charge in [0, 0.05) is 32.2 Å². The van der Waals surface area contributed by atoms with E-state index in [1.165, 1.54) is 12.8 Å². The van der Waals surface area contributed by atoms with Crippen LogP contribution in [-0.2, 0) is 14.2 Å². The number of hydrogen-bond acceptors (Lipinski definition) is 4. The predicted octanol–water partition coefficient (Wildman–Crippen LogP) is 1.30. The largest absolute Gasteiger partial charge is 0.381 e. The van der Waals surface area contributed by atoms with Crippen molar-refractivity contribution in [1.82, 2.24) is 10.6 Å². The molecular weight excluding hydrogens is 294 g/mol. The van der Waals surface area contributed by atoms with Crippen LogP contribution in [0.15, 0.2) is 4.99 Å². The molecule has 0 amide bonds. The molecule has 0 aromatic carbocycles. The fourth-order valence-electron chi connectivity index (χ4n) is 3.61. The molecule has 3 aliphatic rings. The lowest BCUT2D eigenvalue weighted by Gasteiger charge is -2.22. The molecule has 6 heteroatoms. The van der Waals surface area contributed by atoms with E-state index in [0.717, 1.165) is 64.7 Å². The molecule has 132 valence electrons. The maximum Gasteiger partial charge on any atom is 0.191 e. The van der Waals surface area contributed by atoms with Crippen LogP contribution in [0.5, 0.6) is 0 Å². The molecule has 3 heterocycles. The topological polar surface area (TPSA) is 64.1 Å². The molecule has 0 aromatic rings. The zero-order chi connectivity index (χ0) is 15.9. The Balaban J connectivity index is 1.31. The molecule has 0 saturated carbocycles. The van der Waals surface area contributed by atoms with Gasteiger partial charge in [-0.25, -0.2) is 0 Å². The van der Waals surface area contributed by atoms with Crippen molar-refractivity contribution in [2.45, 2.75) is 57.3 Å². The van der Waals surface area contributed by atoms with Crippen molar-refractivity contribution >= 4 is 5.96 Å². The van der Waals surface area contributed by atoms with Crippen LogP contribution in [0.3, 0.4) is 0 Å². The average Bonchev–Trinajstić information content (AvgIpc) is 3.28. The van der Waals surface area contributed by atoms with Crippen LogP contribution in [0.25, 0.3) is 0 Å². The van der Waals surface area contributed by atoms with E-state index in [-0.39, 0.29) is 0 Å². The Labute approximate surface area is 139 Å². The fraction of sp³-hybridized carbons (Fsp3) is 0.941. The van der Waals surface area contributed by atoms with Crippen LogP contribution < -0.4 is 10.6 Å². The third kappa shape index (κ3) is 5.06. The molecule has 4 atom stereocenters. The summed E-state index contributed by atoms with van der Waals surface area (Å²) in [6, 6.07) is 0.421. The Morgan fingerprint density at radius 1 is 1.30 bits per heavy atom. The first-order chi connectivity index (χ1) is 11.3. The molecule has 2 N–H and O–H groups in total. The van der Waals surface area contributed by atoms with Crippen molar-refractivity contribution in [3.63, 3.8) is 0 Å². The first kappa shape index (κ1) is 17.0. The number of fused-ring (bicyclic) bond motifs is 2. The quantitative estimate of drug-likeness (QED) is 0.400. The summed E-state index contributed by atoms with van der Waals surface area (Å²) in [6.07, 6.45) is 6.45. The summed E-state index contributed by atoms with van der Waals surface area (Å²) in [5.74, 6) is 1.51. The zero-order valence-corrected chi connectivity index (χ0v) is 14.3. The first-order valence-electron chi connectivity index (χ1n) is 9.21. The van der Waals surface area contributed by atoms with Crippen LogP contribution >= 0.6 is 0 Å². The summed E-state index contributed by atoms with van der Waals surface area (Å²) in [7, 11) is 0. The highest BCUT2D eigenvalue weighted by Gasteiger charge is 2.41. The second kappa shape index (κ2) is 8.85. The Morgan fingerprint density at radius 3 is 2.96 bits per heavy atom. The van der Waals surface area contributed by atoms with Crippen LogP contribution in [0.1, 0.15) is 39.0 Å². The number of guanidine groups is 1. The molecule has 0 aliphatic carbocycles. The van der Waals surface area contributed by atoms with Gasteiger partial charge >= 0.3 is 0 Å². The zero-order valence-electron chi connectivity index (χ0n) is 14.3. The van der Waals surface area contributed by atoms with Crippen molar-refractivity contribution in [2.24, 2.45) is 10.9 Å². The van der Waals surface area contributed by atoms with Crippen molar-refractivity contribution < 1.29 is 14.2 Å². The number of nitrogens with one attached hydrogen (secondary N) is 2. The lowest BCUT2D eigenvalue weighted by Crippen LogP contribution is -2.47. The summed E-state index contributed by atoms with van der Waals surface area (Å²) < 4.78 is 17.0.